The second-order valence-corrected chi connectivity index (χ2v) is 8.62. The number of hydrogen-bond donors (Lipinski definition) is 4. The summed E-state index contributed by atoms with van der Waals surface area (Å²) in [7, 11) is 3.16. The Morgan fingerprint density at radius 2 is 1.91 bits per heavy atom. The number of carbonyl (C=O) groups excluding carboxylic acids is 1. The topological polar surface area (TPSA) is 133 Å². The third-order valence-electron chi connectivity index (χ3n) is 6.02. The van der Waals surface area contributed by atoms with Gasteiger partial charge in [0.1, 0.15) is 17.1 Å². The molecule has 34 heavy (non-hydrogen) atoms. The van der Waals surface area contributed by atoms with Gasteiger partial charge in [-0.3, -0.25) is 19.5 Å². The number of nitrogens with zero attached hydrogens (tertiary/aromatic N) is 2. The zero-order chi connectivity index (χ0) is 24.2. The molecule has 0 saturated heterocycles. The van der Waals surface area contributed by atoms with Crippen molar-refractivity contribution in [2.45, 2.75) is 44.7 Å². The lowest BCUT2D eigenvalue weighted by atomic mass is 9.95. The van der Waals surface area contributed by atoms with Crippen LogP contribution in [0.5, 0.6) is 5.75 Å². The molecule has 4 rings (SSSR count). The van der Waals surface area contributed by atoms with Crippen LogP contribution in [-0.2, 0) is 6.54 Å². The van der Waals surface area contributed by atoms with Crippen LogP contribution >= 0.6 is 0 Å². The standard InChI is InChI=1S/C24H29N5O5/c1-28(2)23(32)17-11-6-12-18(21(17)30)26-20-19(25-14-16-10-7-13-34-16)22(31)27-29(24(20)33)15-8-4-3-5-9-15/h6-7,10-13,15,25-26,30H,3-5,8-9,14H2,1-2H3,(H,27,31). The van der Waals surface area contributed by atoms with Crippen molar-refractivity contribution in [1.29, 1.82) is 0 Å². The van der Waals surface area contributed by atoms with E-state index in [1.165, 1.54) is 21.9 Å². The van der Waals surface area contributed by atoms with Gasteiger partial charge in [-0.05, 0) is 37.1 Å². The number of hydrogen-bond acceptors (Lipinski definition) is 7. The smallest absolute Gasteiger partial charge is 0.291 e. The lowest BCUT2D eigenvalue weighted by Crippen LogP contribution is -2.36. The second kappa shape index (κ2) is 9.90. The number of nitrogens with one attached hydrogen (secondary N) is 3. The molecule has 2 aromatic heterocycles. The molecule has 1 aliphatic rings. The van der Waals surface area contributed by atoms with Crippen LogP contribution in [0.15, 0.2) is 50.6 Å². The second-order valence-electron chi connectivity index (χ2n) is 8.62. The molecular formula is C24H29N5O5. The maximum absolute atomic E-state index is 13.6. The van der Waals surface area contributed by atoms with Crippen LogP contribution < -0.4 is 21.8 Å². The van der Waals surface area contributed by atoms with E-state index in [0.29, 0.717) is 5.76 Å². The summed E-state index contributed by atoms with van der Waals surface area (Å²) in [5.74, 6) is -0.104. The first kappa shape index (κ1) is 23.2. The average Bonchev–Trinajstić information content (AvgIpc) is 3.35. The van der Waals surface area contributed by atoms with Crippen LogP contribution in [0.4, 0.5) is 17.1 Å². The molecule has 3 aromatic rings. The third-order valence-corrected chi connectivity index (χ3v) is 6.02. The largest absolute Gasteiger partial charge is 0.505 e. The van der Waals surface area contributed by atoms with Crippen LogP contribution in [0, 0.1) is 0 Å². The minimum Gasteiger partial charge on any atom is -0.505 e. The summed E-state index contributed by atoms with van der Waals surface area (Å²) in [5.41, 5.74) is -0.650. The van der Waals surface area contributed by atoms with Crippen LogP contribution in [-0.4, -0.2) is 39.8 Å². The first-order valence-corrected chi connectivity index (χ1v) is 11.3. The monoisotopic (exact) mass is 467 g/mol. The Kier molecular flexibility index (Phi) is 6.76. The Labute approximate surface area is 196 Å². The molecule has 0 radical (unpaired) electrons. The number of aromatic hydroxyl groups is 1. The molecule has 1 fully saturated rings. The molecule has 1 saturated carbocycles. The predicted octanol–water partition coefficient (Wildman–Crippen LogP) is 3.40. The number of aromatic nitrogens is 2. The Morgan fingerprint density at radius 1 is 1.15 bits per heavy atom. The van der Waals surface area contributed by atoms with E-state index in [4.69, 9.17) is 4.42 Å². The predicted molar refractivity (Wildman–Crippen MR) is 129 cm³/mol. The van der Waals surface area contributed by atoms with Gasteiger partial charge < -0.3 is 25.1 Å². The van der Waals surface area contributed by atoms with Gasteiger partial charge in [0.05, 0.1) is 30.1 Å². The Bertz CT molecular complexity index is 1270. The van der Waals surface area contributed by atoms with Crippen molar-refractivity contribution in [3.8, 4) is 5.75 Å². The van der Waals surface area contributed by atoms with Gasteiger partial charge >= 0.3 is 0 Å². The van der Waals surface area contributed by atoms with Crippen LogP contribution in [0.3, 0.4) is 0 Å². The number of benzene rings is 1. The molecule has 10 nitrogen and oxygen atoms in total. The zero-order valence-corrected chi connectivity index (χ0v) is 19.3. The highest BCUT2D eigenvalue weighted by Gasteiger charge is 2.24. The number of rotatable bonds is 7. The van der Waals surface area contributed by atoms with Gasteiger partial charge in [0.25, 0.3) is 17.0 Å². The highest BCUT2D eigenvalue weighted by Crippen LogP contribution is 2.32. The minimum absolute atomic E-state index is 0.00867. The van der Waals surface area contributed by atoms with Gasteiger partial charge in [0.15, 0.2) is 5.75 Å². The van der Waals surface area contributed by atoms with E-state index in [0.717, 1.165) is 32.1 Å². The Balaban J connectivity index is 1.78. The molecule has 1 aliphatic carbocycles. The van der Waals surface area contributed by atoms with Gasteiger partial charge in [-0.25, -0.2) is 4.68 Å². The van der Waals surface area contributed by atoms with Crippen LogP contribution in [0.25, 0.3) is 0 Å². The van der Waals surface area contributed by atoms with Crippen molar-refractivity contribution >= 4 is 23.0 Å². The number of anilines is 3. The Hall–Kier alpha value is -3.95. The average molecular weight is 468 g/mol. The highest BCUT2D eigenvalue weighted by molar-refractivity contribution is 5.98. The van der Waals surface area contributed by atoms with Crippen molar-refractivity contribution in [2.75, 3.05) is 24.7 Å². The number of furan rings is 1. The molecule has 0 spiro atoms. The van der Waals surface area contributed by atoms with Gasteiger partial charge in [-0.1, -0.05) is 25.3 Å². The summed E-state index contributed by atoms with van der Waals surface area (Å²) in [5, 5.41) is 19.4. The van der Waals surface area contributed by atoms with E-state index in [2.05, 4.69) is 15.7 Å². The SMILES string of the molecule is CN(C)C(=O)c1cccc(Nc2c(NCc3ccco3)c(=O)[nH]n(C3CCCCC3)c2=O)c1O. The lowest BCUT2D eigenvalue weighted by Gasteiger charge is -2.25. The minimum atomic E-state index is -0.473. The molecular weight excluding hydrogens is 438 g/mol. The number of amides is 1. The number of H-pyrrole nitrogens is 1. The van der Waals surface area contributed by atoms with Gasteiger partial charge in [-0.15, -0.1) is 0 Å². The normalized spacial score (nSPS) is 14.1. The fourth-order valence-corrected chi connectivity index (χ4v) is 4.22. The van der Waals surface area contributed by atoms with Crippen molar-refractivity contribution in [1.82, 2.24) is 14.7 Å². The lowest BCUT2D eigenvalue weighted by molar-refractivity contribution is 0.0824. The summed E-state index contributed by atoms with van der Waals surface area (Å²) in [6.07, 6.45) is 6.18. The van der Waals surface area contributed by atoms with Gasteiger partial charge in [0.2, 0.25) is 0 Å². The highest BCUT2D eigenvalue weighted by atomic mass is 16.3. The molecule has 10 heteroatoms. The summed E-state index contributed by atoms with van der Waals surface area (Å²) in [4.78, 5) is 40.4. The molecule has 4 N–H and O–H groups in total. The molecule has 0 bridgehead atoms. The van der Waals surface area contributed by atoms with E-state index in [1.807, 2.05) is 0 Å². The van der Waals surface area contributed by atoms with Crippen molar-refractivity contribution in [3.05, 3.63) is 68.6 Å². The summed E-state index contributed by atoms with van der Waals surface area (Å²) in [6, 6.07) is 8.01. The molecule has 0 aliphatic heterocycles. The van der Waals surface area contributed by atoms with Gasteiger partial charge in [-0.2, -0.15) is 0 Å². The summed E-state index contributed by atoms with van der Waals surface area (Å²) < 4.78 is 6.71. The number of aromatic amines is 1. The van der Waals surface area contributed by atoms with E-state index in [-0.39, 0.29) is 46.9 Å². The number of phenols is 1. The molecule has 180 valence electrons. The maximum Gasteiger partial charge on any atom is 0.291 e. The number of carbonyl (C=O) groups is 1. The number of para-hydroxylation sites is 1. The fourth-order valence-electron chi connectivity index (χ4n) is 4.22. The molecule has 1 aromatic carbocycles. The first-order valence-electron chi connectivity index (χ1n) is 11.3. The maximum atomic E-state index is 13.6. The van der Waals surface area contributed by atoms with Crippen LogP contribution in [0.2, 0.25) is 0 Å². The molecule has 0 atom stereocenters. The quantitative estimate of drug-likeness (QED) is 0.392. The Morgan fingerprint density at radius 3 is 2.59 bits per heavy atom. The van der Waals surface area contributed by atoms with E-state index in [1.54, 1.807) is 38.4 Å². The van der Waals surface area contributed by atoms with Crippen molar-refractivity contribution < 1.29 is 14.3 Å². The zero-order valence-electron chi connectivity index (χ0n) is 19.3. The summed E-state index contributed by atoms with van der Waals surface area (Å²) in [6.45, 7) is 0.183. The van der Waals surface area contributed by atoms with Crippen LogP contribution in [0.1, 0.15) is 54.3 Å². The van der Waals surface area contributed by atoms with E-state index in [9.17, 15) is 19.5 Å². The van der Waals surface area contributed by atoms with E-state index >= 15 is 0 Å². The summed E-state index contributed by atoms with van der Waals surface area (Å²) >= 11 is 0. The molecule has 0 unspecified atom stereocenters. The molecule has 1 amide bonds. The first-order chi connectivity index (χ1) is 16.4. The third kappa shape index (κ3) is 4.70. The van der Waals surface area contributed by atoms with Crippen molar-refractivity contribution in [3.63, 3.8) is 0 Å². The van der Waals surface area contributed by atoms with Gasteiger partial charge in [0, 0.05) is 14.1 Å². The number of phenolic OH excluding ortho intramolecular Hbond substituents is 1. The van der Waals surface area contributed by atoms with Crippen molar-refractivity contribution in [2.24, 2.45) is 0 Å². The molecule has 2 heterocycles. The fraction of sp³-hybridized carbons (Fsp3) is 0.375. The van der Waals surface area contributed by atoms with E-state index < -0.39 is 11.1 Å².